The van der Waals surface area contributed by atoms with Gasteiger partial charge in [0.2, 0.25) is 0 Å². The van der Waals surface area contributed by atoms with Crippen molar-refractivity contribution in [2.75, 3.05) is 5.32 Å². The van der Waals surface area contributed by atoms with Crippen molar-refractivity contribution in [3.05, 3.63) is 58.4 Å². The van der Waals surface area contributed by atoms with E-state index in [1.54, 1.807) is 12.1 Å². The zero-order valence-corrected chi connectivity index (χ0v) is 10.4. The lowest BCUT2D eigenvalue weighted by molar-refractivity contribution is 0.628. The Kier molecular flexibility index (Phi) is 3.50. The molecular weight excluding hydrogens is 251 g/mol. The van der Waals surface area contributed by atoms with Crippen LogP contribution in [0, 0.1) is 24.1 Å². The van der Waals surface area contributed by atoms with E-state index in [9.17, 15) is 4.39 Å². The predicted molar refractivity (Wildman–Crippen MR) is 70.6 cm³/mol. The van der Waals surface area contributed by atoms with Crippen LogP contribution in [0.25, 0.3) is 0 Å². The second kappa shape index (κ2) is 5.07. The molecule has 0 spiro atoms. The molecule has 0 aliphatic rings. The Morgan fingerprint density at radius 2 is 1.94 bits per heavy atom. The highest BCUT2D eigenvalue weighted by molar-refractivity contribution is 6.33. The Bertz CT molecular complexity index is 632. The maximum absolute atomic E-state index is 13.1. The van der Waals surface area contributed by atoms with Crippen molar-refractivity contribution >= 4 is 23.0 Å². The van der Waals surface area contributed by atoms with Gasteiger partial charge in [0.05, 0.1) is 22.0 Å². The largest absolute Gasteiger partial charge is 0.353 e. The van der Waals surface area contributed by atoms with Crippen molar-refractivity contribution in [3.8, 4) is 6.07 Å². The highest BCUT2D eigenvalue weighted by atomic mass is 35.5. The minimum atomic E-state index is -0.382. The Balaban J connectivity index is 2.40. The minimum Gasteiger partial charge on any atom is -0.353 e. The van der Waals surface area contributed by atoms with Gasteiger partial charge in [-0.15, -0.1) is 0 Å². The highest BCUT2D eigenvalue weighted by Gasteiger charge is 2.06. The molecule has 0 aliphatic heterocycles. The van der Waals surface area contributed by atoms with Gasteiger partial charge in [0.15, 0.2) is 0 Å². The van der Waals surface area contributed by atoms with E-state index in [-0.39, 0.29) is 5.82 Å². The normalized spacial score (nSPS) is 9.89. The molecule has 0 unspecified atom stereocenters. The third-order valence-corrected chi connectivity index (χ3v) is 2.82. The summed E-state index contributed by atoms with van der Waals surface area (Å²) in [6.45, 7) is 1.90. The van der Waals surface area contributed by atoms with Gasteiger partial charge in [-0.05, 0) is 42.8 Å². The topological polar surface area (TPSA) is 35.8 Å². The smallest absolute Gasteiger partial charge is 0.125 e. The van der Waals surface area contributed by atoms with Crippen molar-refractivity contribution in [2.24, 2.45) is 0 Å². The van der Waals surface area contributed by atoms with Gasteiger partial charge in [-0.3, -0.25) is 0 Å². The molecule has 2 nitrogen and oxygen atoms in total. The molecule has 0 aliphatic carbocycles. The first-order valence-electron chi connectivity index (χ1n) is 5.33. The molecule has 0 aromatic heterocycles. The fourth-order valence-electron chi connectivity index (χ4n) is 1.60. The van der Waals surface area contributed by atoms with Crippen LogP contribution in [0.5, 0.6) is 0 Å². The van der Waals surface area contributed by atoms with Gasteiger partial charge in [0, 0.05) is 0 Å². The average Bonchev–Trinajstić information content (AvgIpc) is 2.36. The number of halogens is 2. The Morgan fingerprint density at radius 1 is 1.17 bits per heavy atom. The van der Waals surface area contributed by atoms with E-state index in [0.29, 0.717) is 22.0 Å². The molecule has 4 heteroatoms. The maximum Gasteiger partial charge on any atom is 0.125 e. The Labute approximate surface area is 110 Å². The second-order valence-corrected chi connectivity index (χ2v) is 4.32. The van der Waals surface area contributed by atoms with Crippen molar-refractivity contribution in [1.82, 2.24) is 0 Å². The fraction of sp³-hybridized carbons (Fsp3) is 0.0714. The summed E-state index contributed by atoms with van der Waals surface area (Å²) in [4.78, 5) is 0. The van der Waals surface area contributed by atoms with Crippen LogP contribution in [0.3, 0.4) is 0 Å². The van der Waals surface area contributed by atoms with Crippen molar-refractivity contribution < 1.29 is 4.39 Å². The van der Waals surface area contributed by atoms with E-state index >= 15 is 0 Å². The first-order chi connectivity index (χ1) is 8.60. The molecule has 2 aromatic rings. The zero-order valence-electron chi connectivity index (χ0n) is 9.67. The molecular formula is C14H10ClFN2. The Morgan fingerprint density at radius 3 is 2.67 bits per heavy atom. The van der Waals surface area contributed by atoms with Crippen LogP contribution in [-0.4, -0.2) is 0 Å². The number of benzene rings is 2. The summed E-state index contributed by atoms with van der Waals surface area (Å²) in [6, 6.07) is 11.5. The van der Waals surface area contributed by atoms with E-state index in [1.807, 2.05) is 13.0 Å². The van der Waals surface area contributed by atoms with Gasteiger partial charge in [-0.1, -0.05) is 17.7 Å². The van der Waals surface area contributed by atoms with Crippen LogP contribution in [0.15, 0.2) is 36.4 Å². The zero-order chi connectivity index (χ0) is 13.1. The lowest BCUT2D eigenvalue weighted by atomic mass is 10.1. The molecule has 0 saturated heterocycles. The third-order valence-electron chi connectivity index (χ3n) is 2.49. The molecule has 0 fully saturated rings. The van der Waals surface area contributed by atoms with Crippen LogP contribution >= 0.6 is 11.6 Å². The van der Waals surface area contributed by atoms with Gasteiger partial charge in [-0.2, -0.15) is 5.26 Å². The van der Waals surface area contributed by atoms with E-state index in [4.69, 9.17) is 16.9 Å². The van der Waals surface area contributed by atoms with Gasteiger partial charge in [0.1, 0.15) is 11.9 Å². The summed E-state index contributed by atoms with van der Waals surface area (Å²) >= 11 is 5.96. The summed E-state index contributed by atoms with van der Waals surface area (Å²) in [5, 5.41) is 12.4. The summed E-state index contributed by atoms with van der Waals surface area (Å²) < 4.78 is 13.1. The number of hydrogen-bond donors (Lipinski definition) is 1. The van der Waals surface area contributed by atoms with Crippen LogP contribution < -0.4 is 5.32 Å². The Hall–Kier alpha value is -2.05. The number of nitrogens with one attached hydrogen (secondary N) is 1. The molecule has 0 heterocycles. The predicted octanol–water partition coefficient (Wildman–Crippen LogP) is 4.40. The molecule has 90 valence electrons. The summed E-state index contributed by atoms with van der Waals surface area (Å²) in [7, 11) is 0. The standard InChI is InChI=1S/C14H10ClFN2/c1-9-2-5-13(10(6-9)8-17)18-14-7-11(16)3-4-12(14)15/h2-7,18H,1H3. The molecule has 0 radical (unpaired) electrons. The van der Waals surface area contributed by atoms with E-state index in [1.165, 1.54) is 18.2 Å². The minimum absolute atomic E-state index is 0.382. The molecule has 18 heavy (non-hydrogen) atoms. The molecule has 1 N–H and O–H groups in total. The first-order valence-corrected chi connectivity index (χ1v) is 5.71. The number of nitriles is 1. The fourth-order valence-corrected chi connectivity index (χ4v) is 1.76. The summed E-state index contributed by atoms with van der Waals surface area (Å²) in [5.74, 6) is -0.382. The van der Waals surface area contributed by atoms with Crippen molar-refractivity contribution in [3.63, 3.8) is 0 Å². The van der Waals surface area contributed by atoms with E-state index < -0.39 is 0 Å². The molecule has 2 aromatic carbocycles. The molecule has 0 amide bonds. The average molecular weight is 261 g/mol. The lowest BCUT2D eigenvalue weighted by Gasteiger charge is -2.10. The van der Waals surface area contributed by atoms with E-state index in [0.717, 1.165) is 5.56 Å². The van der Waals surface area contributed by atoms with Crippen LogP contribution in [0.1, 0.15) is 11.1 Å². The number of nitrogens with zero attached hydrogens (tertiary/aromatic N) is 1. The molecule has 2 rings (SSSR count). The van der Waals surface area contributed by atoms with Gasteiger partial charge < -0.3 is 5.32 Å². The van der Waals surface area contributed by atoms with Gasteiger partial charge >= 0.3 is 0 Å². The summed E-state index contributed by atoms with van der Waals surface area (Å²) in [6.07, 6.45) is 0. The third kappa shape index (κ3) is 2.61. The van der Waals surface area contributed by atoms with Gasteiger partial charge in [-0.25, -0.2) is 4.39 Å². The van der Waals surface area contributed by atoms with Gasteiger partial charge in [0.25, 0.3) is 0 Å². The molecule has 0 saturated carbocycles. The molecule has 0 atom stereocenters. The van der Waals surface area contributed by atoms with Crippen molar-refractivity contribution in [2.45, 2.75) is 6.92 Å². The van der Waals surface area contributed by atoms with Crippen LogP contribution in [0.2, 0.25) is 5.02 Å². The lowest BCUT2D eigenvalue weighted by Crippen LogP contribution is -1.95. The highest BCUT2D eigenvalue weighted by Crippen LogP contribution is 2.28. The monoisotopic (exact) mass is 260 g/mol. The first kappa shape index (κ1) is 12.4. The second-order valence-electron chi connectivity index (χ2n) is 3.91. The van der Waals surface area contributed by atoms with Crippen LogP contribution in [-0.2, 0) is 0 Å². The number of rotatable bonds is 2. The van der Waals surface area contributed by atoms with Crippen LogP contribution in [0.4, 0.5) is 15.8 Å². The SMILES string of the molecule is Cc1ccc(Nc2cc(F)ccc2Cl)c(C#N)c1. The molecule has 0 bridgehead atoms. The quantitative estimate of drug-likeness (QED) is 0.869. The number of anilines is 2. The number of aryl methyl sites for hydroxylation is 1. The number of hydrogen-bond acceptors (Lipinski definition) is 2. The van der Waals surface area contributed by atoms with E-state index in [2.05, 4.69) is 11.4 Å². The summed E-state index contributed by atoms with van der Waals surface area (Å²) in [5.41, 5.74) is 2.53. The van der Waals surface area contributed by atoms with Crippen molar-refractivity contribution in [1.29, 1.82) is 5.26 Å². The maximum atomic E-state index is 13.1.